The number of halogens is 1. The first-order valence-corrected chi connectivity index (χ1v) is 5.28. The molecule has 1 N–H and O–H groups in total. The molecular weight excluding hydrogens is 228 g/mol. The van der Waals surface area contributed by atoms with E-state index in [1.807, 2.05) is 19.4 Å². The molecule has 1 unspecified atom stereocenters. The Morgan fingerprint density at radius 3 is 2.92 bits per heavy atom. The summed E-state index contributed by atoms with van der Waals surface area (Å²) in [6, 6.07) is 2.69. The van der Waals surface area contributed by atoms with Crippen LogP contribution < -0.4 is 5.32 Å². The van der Waals surface area contributed by atoms with E-state index in [1.165, 1.54) is 5.56 Å². The lowest BCUT2D eigenvalue weighted by Gasteiger charge is -2.09. The standard InChI is InChI=1S/C10H15BrN2/c1-8(12-2)3-4-9-5-10(11)7-13-6-9/h5-8,12H,3-4H2,1-2H3. The van der Waals surface area contributed by atoms with Gasteiger partial charge in [0.15, 0.2) is 0 Å². The molecule has 0 bridgehead atoms. The summed E-state index contributed by atoms with van der Waals surface area (Å²) in [5, 5.41) is 3.22. The minimum atomic E-state index is 0.569. The van der Waals surface area contributed by atoms with Crippen molar-refractivity contribution in [3.05, 3.63) is 28.5 Å². The van der Waals surface area contributed by atoms with Gasteiger partial charge in [-0.25, -0.2) is 0 Å². The fourth-order valence-corrected chi connectivity index (χ4v) is 1.53. The molecule has 72 valence electrons. The normalized spacial score (nSPS) is 12.8. The van der Waals surface area contributed by atoms with Crippen molar-refractivity contribution < 1.29 is 0 Å². The van der Waals surface area contributed by atoms with E-state index in [9.17, 15) is 0 Å². The van der Waals surface area contributed by atoms with Gasteiger partial charge in [0.25, 0.3) is 0 Å². The van der Waals surface area contributed by atoms with Crippen LogP contribution in [0.25, 0.3) is 0 Å². The fraction of sp³-hybridized carbons (Fsp3) is 0.500. The molecule has 0 saturated carbocycles. The van der Waals surface area contributed by atoms with E-state index in [0.29, 0.717) is 6.04 Å². The molecule has 0 aliphatic rings. The van der Waals surface area contributed by atoms with Crippen molar-refractivity contribution in [2.24, 2.45) is 0 Å². The zero-order valence-corrected chi connectivity index (χ0v) is 9.63. The van der Waals surface area contributed by atoms with Gasteiger partial charge in [-0.1, -0.05) is 0 Å². The Kier molecular flexibility index (Phi) is 4.39. The Balaban J connectivity index is 2.45. The predicted molar refractivity (Wildman–Crippen MR) is 58.8 cm³/mol. The van der Waals surface area contributed by atoms with E-state index in [0.717, 1.165) is 17.3 Å². The highest BCUT2D eigenvalue weighted by Gasteiger charge is 1.99. The fourth-order valence-electron chi connectivity index (χ4n) is 1.12. The minimum Gasteiger partial charge on any atom is -0.317 e. The van der Waals surface area contributed by atoms with Gasteiger partial charge in [-0.15, -0.1) is 0 Å². The monoisotopic (exact) mass is 242 g/mol. The number of rotatable bonds is 4. The molecule has 0 aliphatic carbocycles. The van der Waals surface area contributed by atoms with Gasteiger partial charge in [-0.2, -0.15) is 0 Å². The van der Waals surface area contributed by atoms with Crippen LogP contribution in [0.1, 0.15) is 18.9 Å². The second-order valence-electron chi connectivity index (χ2n) is 3.24. The zero-order chi connectivity index (χ0) is 9.68. The van der Waals surface area contributed by atoms with Gasteiger partial charge >= 0.3 is 0 Å². The zero-order valence-electron chi connectivity index (χ0n) is 8.05. The van der Waals surface area contributed by atoms with Crippen molar-refractivity contribution in [3.8, 4) is 0 Å². The molecule has 0 radical (unpaired) electrons. The van der Waals surface area contributed by atoms with Crippen LogP contribution in [0.2, 0.25) is 0 Å². The van der Waals surface area contributed by atoms with Crippen LogP contribution in [0.15, 0.2) is 22.9 Å². The smallest absolute Gasteiger partial charge is 0.0410 e. The average molecular weight is 243 g/mol. The van der Waals surface area contributed by atoms with Crippen molar-refractivity contribution >= 4 is 15.9 Å². The van der Waals surface area contributed by atoms with Gasteiger partial charge in [0.2, 0.25) is 0 Å². The highest BCUT2D eigenvalue weighted by Crippen LogP contribution is 2.11. The molecule has 0 aromatic carbocycles. The summed E-state index contributed by atoms with van der Waals surface area (Å²) in [7, 11) is 1.99. The molecule has 13 heavy (non-hydrogen) atoms. The molecule has 1 atom stereocenters. The van der Waals surface area contributed by atoms with Crippen LogP contribution in [-0.4, -0.2) is 18.1 Å². The quantitative estimate of drug-likeness (QED) is 0.878. The summed E-state index contributed by atoms with van der Waals surface area (Å²) < 4.78 is 1.06. The third-order valence-corrected chi connectivity index (χ3v) is 2.55. The van der Waals surface area contributed by atoms with Crippen molar-refractivity contribution in [2.75, 3.05) is 7.05 Å². The van der Waals surface area contributed by atoms with Gasteiger partial charge in [-0.3, -0.25) is 4.98 Å². The predicted octanol–water partition coefficient (Wildman–Crippen LogP) is 2.38. The molecule has 1 aromatic heterocycles. The lowest BCUT2D eigenvalue weighted by molar-refractivity contribution is 0.564. The van der Waals surface area contributed by atoms with Crippen molar-refractivity contribution in [1.82, 2.24) is 10.3 Å². The van der Waals surface area contributed by atoms with Gasteiger partial charge in [0.1, 0.15) is 0 Å². The molecule has 0 amide bonds. The number of nitrogens with zero attached hydrogens (tertiary/aromatic N) is 1. The van der Waals surface area contributed by atoms with Crippen molar-refractivity contribution in [3.63, 3.8) is 0 Å². The molecule has 0 spiro atoms. The average Bonchev–Trinajstić information content (AvgIpc) is 2.14. The van der Waals surface area contributed by atoms with E-state index in [2.05, 4.69) is 39.2 Å². The highest BCUT2D eigenvalue weighted by molar-refractivity contribution is 9.10. The summed E-state index contributed by atoms with van der Waals surface area (Å²) in [5.41, 5.74) is 1.29. The Morgan fingerprint density at radius 1 is 1.54 bits per heavy atom. The van der Waals surface area contributed by atoms with Gasteiger partial charge < -0.3 is 5.32 Å². The maximum Gasteiger partial charge on any atom is 0.0410 e. The van der Waals surface area contributed by atoms with E-state index in [4.69, 9.17) is 0 Å². The van der Waals surface area contributed by atoms with Crippen LogP contribution in [0.3, 0.4) is 0 Å². The van der Waals surface area contributed by atoms with Crippen LogP contribution in [-0.2, 0) is 6.42 Å². The first-order chi connectivity index (χ1) is 6.22. The Hall–Kier alpha value is -0.410. The van der Waals surface area contributed by atoms with Crippen molar-refractivity contribution in [2.45, 2.75) is 25.8 Å². The first kappa shape index (κ1) is 10.7. The van der Waals surface area contributed by atoms with Crippen LogP contribution in [0, 0.1) is 0 Å². The number of nitrogens with one attached hydrogen (secondary N) is 1. The maximum atomic E-state index is 4.12. The van der Waals surface area contributed by atoms with Gasteiger partial charge in [0.05, 0.1) is 0 Å². The third kappa shape index (κ3) is 3.87. The molecule has 0 saturated heterocycles. The molecule has 0 aliphatic heterocycles. The molecule has 1 heterocycles. The Bertz CT molecular complexity index is 263. The minimum absolute atomic E-state index is 0.569. The van der Waals surface area contributed by atoms with E-state index < -0.39 is 0 Å². The lowest BCUT2D eigenvalue weighted by Crippen LogP contribution is -2.21. The molecule has 0 fully saturated rings. The summed E-state index contributed by atoms with van der Waals surface area (Å²) in [6.07, 6.45) is 5.96. The highest BCUT2D eigenvalue weighted by atomic mass is 79.9. The summed E-state index contributed by atoms with van der Waals surface area (Å²) >= 11 is 3.41. The van der Waals surface area contributed by atoms with E-state index in [1.54, 1.807) is 0 Å². The van der Waals surface area contributed by atoms with E-state index in [-0.39, 0.29) is 0 Å². The van der Waals surface area contributed by atoms with Gasteiger partial charge in [0, 0.05) is 22.9 Å². The lowest BCUT2D eigenvalue weighted by atomic mass is 10.1. The number of hydrogen-bond acceptors (Lipinski definition) is 2. The molecule has 1 rings (SSSR count). The summed E-state index contributed by atoms with van der Waals surface area (Å²) in [4.78, 5) is 4.12. The SMILES string of the molecule is CNC(C)CCc1cncc(Br)c1. The van der Waals surface area contributed by atoms with Crippen molar-refractivity contribution in [1.29, 1.82) is 0 Å². The number of hydrogen-bond donors (Lipinski definition) is 1. The molecular formula is C10H15BrN2. The molecule has 1 aromatic rings. The number of aryl methyl sites for hydroxylation is 1. The maximum absolute atomic E-state index is 4.12. The van der Waals surface area contributed by atoms with Crippen LogP contribution in [0.5, 0.6) is 0 Å². The van der Waals surface area contributed by atoms with Gasteiger partial charge in [-0.05, 0) is 54.4 Å². The van der Waals surface area contributed by atoms with Crippen LogP contribution >= 0.6 is 15.9 Å². The largest absolute Gasteiger partial charge is 0.317 e. The first-order valence-electron chi connectivity index (χ1n) is 4.49. The second-order valence-corrected chi connectivity index (χ2v) is 4.16. The van der Waals surface area contributed by atoms with Crippen LogP contribution in [0.4, 0.5) is 0 Å². The third-order valence-electron chi connectivity index (χ3n) is 2.12. The Morgan fingerprint density at radius 2 is 2.31 bits per heavy atom. The number of pyridine rings is 1. The molecule has 3 heteroatoms. The number of aromatic nitrogens is 1. The summed E-state index contributed by atoms with van der Waals surface area (Å²) in [5.74, 6) is 0. The van der Waals surface area contributed by atoms with E-state index >= 15 is 0 Å². The topological polar surface area (TPSA) is 24.9 Å². The molecule has 2 nitrogen and oxygen atoms in total. The Labute approximate surface area is 87.9 Å². The summed E-state index contributed by atoms with van der Waals surface area (Å²) in [6.45, 7) is 2.19. The second kappa shape index (κ2) is 5.35.